The number of anilines is 2. The third kappa shape index (κ3) is 2.76. The molecule has 2 rings (SSSR count). The van der Waals surface area contributed by atoms with Gasteiger partial charge in [0.1, 0.15) is 5.82 Å². The van der Waals surface area contributed by atoms with Gasteiger partial charge in [0.25, 0.3) is 0 Å². The van der Waals surface area contributed by atoms with Crippen molar-refractivity contribution in [3.8, 4) is 0 Å². The van der Waals surface area contributed by atoms with E-state index in [0.29, 0.717) is 11.4 Å². The lowest BCUT2D eigenvalue weighted by molar-refractivity contribution is 0.0600. The van der Waals surface area contributed by atoms with Gasteiger partial charge < -0.3 is 10.1 Å². The standard InChI is InChI=1S/C11H9FN4O2/c1-18-10(17)7-2-3-9(13-4-7)16-11-14-5-8(12)6-15-11/h2-6H,1H3,(H,13,14,15,16). The van der Waals surface area contributed by atoms with E-state index in [0.717, 1.165) is 12.4 Å². The highest BCUT2D eigenvalue weighted by molar-refractivity contribution is 5.89. The van der Waals surface area contributed by atoms with E-state index in [1.165, 1.54) is 13.3 Å². The van der Waals surface area contributed by atoms with Crippen LogP contribution in [0.3, 0.4) is 0 Å². The average Bonchev–Trinajstić information content (AvgIpc) is 2.41. The fraction of sp³-hybridized carbons (Fsp3) is 0.0909. The minimum Gasteiger partial charge on any atom is -0.465 e. The van der Waals surface area contributed by atoms with Crippen LogP contribution in [0.5, 0.6) is 0 Å². The van der Waals surface area contributed by atoms with Gasteiger partial charge in [-0.15, -0.1) is 0 Å². The Hall–Kier alpha value is -2.57. The number of methoxy groups -OCH3 is 1. The molecule has 0 saturated carbocycles. The average molecular weight is 248 g/mol. The Balaban J connectivity index is 2.10. The van der Waals surface area contributed by atoms with Crippen LogP contribution in [0.2, 0.25) is 0 Å². The summed E-state index contributed by atoms with van der Waals surface area (Å²) in [6, 6.07) is 3.11. The predicted molar refractivity (Wildman–Crippen MR) is 60.8 cm³/mol. The molecule has 18 heavy (non-hydrogen) atoms. The molecule has 92 valence electrons. The third-order valence-corrected chi connectivity index (χ3v) is 2.04. The maximum atomic E-state index is 12.6. The van der Waals surface area contributed by atoms with Gasteiger partial charge >= 0.3 is 5.97 Å². The Morgan fingerprint density at radius 1 is 1.22 bits per heavy atom. The number of esters is 1. The smallest absolute Gasteiger partial charge is 0.339 e. The van der Waals surface area contributed by atoms with Gasteiger partial charge in [0.15, 0.2) is 5.82 Å². The number of carbonyl (C=O) groups excluding carboxylic acids is 1. The number of carbonyl (C=O) groups is 1. The van der Waals surface area contributed by atoms with Crippen molar-refractivity contribution < 1.29 is 13.9 Å². The second kappa shape index (κ2) is 5.17. The SMILES string of the molecule is COC(=O)c1ccc(Nc2ncc(F)cn2)nc1. The number of rotatable bonds is 3. The predicted octanol–water partition coefficient (Wildman–Crippen LogP) is 1.54. The van der Waals surface area contributed by atoms with Gasteiger partial charge in [0.05, 0.1) is 25.1 Å². The lowest BCUT2D eigenvalue weighted by Gasteiger charge is -2.04. The molecule has 0 fully saturated rings. The molecule has 0 aromatic carbocycles. The first-order valence-electron chi connectivity index (χ1n) is 4.98. The number of hydrogen-bond acceptors (Lipinski definition) is 6. The fourth-order valence-electron chi connectivity index (χ4n) is 1.20. The summed E-state index contributed by atoms with van der Waals surface area (Å²) in [5.74, 6) is -0.328. The molecule has 2 heterocycles. The monoisotopic (exact) mass is 248 g/mol. The maximum Gasteiger partial charge on any atom is 0.339 e. The second-order valence-corrected chi connectivity index (χ2v) is 3.27. The Morgan fingerprint density at radius 3 is 2.50 bits per heavy atom. The van der Waals surface area contributed by atoms with Gasteiger partial charge in [0.2, 0.25) is 5.95 Å². The molecule has 2 aromatic rings. The molecule has 0 amide bonds. The van der Waals surface area contributed by atoms with Crippen LogP contribution in [-0.2, 0) is 4.74 Å². The molecule has 0 radical (unpaired) electrons. The summed E-state index contributed by atoms with van der Waals surface area (Å²) in [6.45, 7) is 0. The van der Waals surface area contributed by atoms with Crippen molar-refractivity contribution in [3.63, 3.8) is 0 Å². The largest absolute Gasteiger partial charge is 0.465 e. The van der Waals surface area contributed by atoms with Crippen LogP contribution in [0.4, 0.5) is 16.2 Å². The number of hydrogen-bond donors (Lipinski definition) is 1. The summed E-state index contributed by atoms with van der Waals surface area (Å²) >= 11 is 0. The zero-order valence-corrected chi connectivity index (χ0v) is 9.42. The van der Waals surface area contributed by atoms with Crippen molar-refractivity contribution in [2.24, 2.45) is 0 Å². The van der Waals surface area contributed by atoms with E-state index >= 15 is 0 Å². The van der Waals surface area contributed by atoms with Crippen LogP contribution in [0.15, 0.2) is 30.7 Å². The second-order valence-electron chi connectivity index (χ2n) is 3.27. The summed E-state index contributed by atoms with van der Waals surface area (Å²) in [7, 11) is 1.29. The van der Waals surface area contributed by atoms with Crippen LogP contribution in [0.25, 0.3) is 0 Å². The molecule has 0 unspecified atom stereocenters. The normalized spacial score (nSPS) is 9.89. The molecule has 7 heteroatoms. The molecule has 0 spiro atoms. The zero-order valence-electron chi connectivity index (χ0n) is 9.42. The van der Waals surface area contributed by atoms with Crippen molar-refractivity contribution >= 4 is 17.7 Å². The highest BCUT2D eigenvalue weighted by Crippen LogP contribution is 2.10. The number of aromatic nitrogens is 3. The van der Waals surface area contributed by atoms with E-state index < -0.39 is 11.8 Å². The first-order valence-corrected chi connectivity index (χ1v) is 4.98. The molecular weight excluding hydrogens is 239 g/mol. The number of halogens is 1. The van der Waals surface area contributed by atoms with Crippen molar-refractivity contribution in [1.29, 1.82) is 0 Å². The lowest BCUT2D eigenvalue weighted by atomic mass is 10.3. The van der Waals surface area contributed by atoms with Crippen molar-refractivity contribution in [3.05, 3.63) is 42.1 Å². The van der Waals surface area contributed by atoms with E-state index in [1.807, 2.05) is 0 Å². The van der Waals surface area contributed by atoms with Crippen LogP contribution in [0.1, 0.15) is 10.4 Å². The molecule has 0 aliphatic heterocycles. The van der Waals surface area contributed by atoms with Gasteiger partial charge in [-0.05, 0) is 12.1 Å². The van der Waals surface area contributed by atoms with Crippen LogP contribution < -0.4 is 5.32 Å². The molecule has 0 aliphatic carbocycles. The highest BCUT2D eigenvalue weighted by atomic mass is 19.1. The molecule has 2 aromatic heterocycles. The quantitative estimate of drug-likeness (QED) is 0.830. The summed E-state index contributed by atoms with van der Waals surface area (Å²) < 4.78 is 17.1. The van der Waals surface area contributed by atoms with E-state index in [9.17, 15) is 9.18 Å². The Bertz CT molecular complexity index is 542. The van der Waals surface area contributed by atoms with Crippen molar-refractivity contribution in [2.75, 3.05) is 12.4 Å². The van der Waals surface area contributed by atoms with Gasteiger partial charge in [-0.2, -0.15) is 0 Å². The van der Waals surface area contributed by atoms with Gasteiger partial charge in [-0.1, -0.05) is 0 Å². The summed E-state index contributed by atoms with van der Waals surface area (Å²) in [6.07, 6.45) is 3.44. The molecule has 6 nitrogen and oxygen atoms in total. The Kier molecular flexibility index (Phi) is 3.42. The maximum absolute atomic E-state index is 12.6. The highest BCUT2D eigenvalue weighted by Gasteiger charge is 2.06. The van der Waals surface area contributed by atoms with Gasteiger partial charge in [-0.25, -0.2) is 24.1 Å². The molecule has 1 N–H and O–H groups in total. The van der Waals surface area contributed by atoms with Crippen molar-refractivity contribution in [2.45, 2.75) is 0 Å². The number of pyridine rings is 1. The summed E-state index contributed by atoms with van der Waals surface area (Å²) in [5, 5.41) is 2.76. The van der Waals surface area contributed by atoms with E-state index in [4.69, 9.17) is 0 Å². The lowest BCUT2D eigenvalue weighted by Crippen LogP contribution is -2.03. The van der Waals surface area contributed by atoms with Crippen LogP contribution in [-0.4, -0.2) is 28.0 Å². The zero-order chi connectivity index (χ0) is 13.0. The molecular formula is C11H9FN4O2. The summed E-state index contributed by atoms with van der Waals surface area (Å²) in [4.78, 5) is 22.6. The minimum atomic E-state index is -0.519. The van der Waals surface area contributed by atoms with E-state index in [-0.39, 0.29) is 5.95 Å². The summed E-state index contributed by atoms with van der Waals surface area (Å²) in [5.41, 5.74) is 0.336. The number of nitrogens with one attached hydrogen (secondary N) is 1. The first kappa shape index (κ1) is 11.9. The fourth-order valence-corrected chi connectivity index (χ4v) is 1.20. The van der Waals surface area contributed by atoms with Crippen LogP contribution in [0, 0.1) is 5.82 Å². The molecule has 0 aliphatic rings. The Labute approximate surface area is 102 Å². The van der Waals surface area contributed by atoms with Gasteiger partial charge in [-0.3, -0.25) is 0 Å². The number of nitrogens with zero attached hydrogens (tertiary/aromatic N) is 3. The van der Waals surface area contributed by atoms with E-state index in [2.05, 4.69) is 25.0 Å². The van der Waals surface area contributed by atoms with Crippen molar-refractivity contribution in [1.82, 2.24) is 15.0 Å². The topological polar surface area (TPSA) is 77.0 Å². The van der Waals surface area contributed by atoms with Crippen LogP contribution >= 0.6 is 0 Å². The number of ether oxygens (including phenoxy) is 1. The minimum absolute atomic E-state index is 0.217. The first-order chi connectivity index (χ1) is 8.69. The van der Waals surface area contributed by atoms with E-state index in [1.54, 1.807) is 12.1 Å². The van der Waals surface area contributed by atoms with Gasteiger partial charge in [0, 0.05) is 6.20 Å². The molecule has 0 bridgehead atoms. The molecule has 0 saturated heterocycles. The third-order valence-electron chi connectivity index (χ3n) is 2.04. The Morgan fingerprint density at radius 2 is 1.94 bits per heavy atom. The molecule has 0 atom stereocenters.